The summed E-state index contributed by atoms with van der Waals surface area (Å²) in [5, 5.41) is 0. The number of alkyl halides is 1. The molecule has 0 aliphatic carbocycles. The number of piperidine rings is 1. The van der Waals surface area contributed by atoms with Gasteiger partial charge < -0.3 is 0 Å². The Morgan fingerprint density at radius 3 is 2.12 bits per heavy atom. The maximum Gasteiger partial charge on any atom is 0.224 e. The SMILES string of the molecule is O=C1C[C@H]2CCCC[C@@H](C1)N2S(=O)(=O)CBr. The molecule has 0 aromatic heterocycles. The third kappa shape index (κ3) is 2.33. The van der Waals surface area contributed by atoms with E-state index < -0.39 is 10.0 Å². The van der Waals surface area contributed by atoms with Crippen LogP contribution in [0.1, 0.15) is 38.5 Å². The van der Waals surface area contributed by atoms with Crippen molar-refractivity contribution >= 4 is 31.7 Å². The maximum absolute atomic E-state index is 12.0. The van der Waals surface area contributed by atoms with Crippen molar-refractivity contribution in [2.24, 2.45) is 0 Å². The third-order valence-corrected chi connectivity index (χ3v) is 6.68. The Hall–Kier alpha value is 0.0600. The van der Waals surface area contributed by atoms with Crippen LogP contribution in [-0.2, 0) is 14.8 Å². The number of carbonyl (C=O) groups excluding carboxylic acids is 1. The molecule has 2 saturated heterocycles. The summed E-state index contributed by atoms with van der Waals surface area (Å²) in [4.78, 5) is 11.6. The molecule has 0 N–H and O–H groups in total. The summed E-state index contributed by atoms with van der Waals surface area (Å²) in [7, 11) is -3.23. The first-order valence-corrected chi connectivity index (χ1v) is 8.36. The molecule has 0 amide bonds. The van der Waals surface area contributed by atoms with Gasteiger partial charge >= 0.3 is 0 Å². The van der Waals surface area contributed by atoms with Crippen LogP contribution in [-0.4, -0.2) is 35.3 Å². The summed E-state index contributed by atoms with van der Waals surface area (Å²) < 4.78 is 25.6. The summed E-state index contributed by atoms with van der Waals surface area (Å²) in [6.45, 7) is 0. The Bertz CT molecular complexity index is 364. The lowest BCUT2D eigenvalue weighted by atomic mass is 9.96. The van der Waals surface area contributed by atoms with Gasteiger partial charge in [-0.2, -0.15) is 4.31 Å². The van der Waals surface area contributed by atoms with Gasteiger partial charge in [0.1, 0.15) is 10.4 Å². The van der Waals surface area contributed by atoms with Gasteiger partial charge in [0.2, 0.25) is 10.0 Å². The summed E-state index contributed by atoms with van der Waals surface area (Å²) in [6.07, 6.45) is 4.53. The Balaban J connectivity index is 2.32. The van der Waals surface area contributed by atoms with E-state index in [2.05, 4.69) is 15.9 Å². The Morgan fingerprint density at radius 2 is 1.69 bits per heavy atom. The number of nitrogens with zero attached hydrogens (tertiary/aromatic N) is 1. The zero-order chi connectivity index (χ0) is 11.8. The highest BCUT2D eigenvalue weighted by Crippen LogP contribution is 2.33. The zero-order valence-corrected chi connectivity index (χ0v) is 11.5. The van der Waals surface area contributed by atoms with Crippen molar-refractivity contribution in [3.63, 3.8) is 0 Å². The number of hydrogen-bond acceptors (Lipinski definition) is 3. The second-order valence-electron chi connectivity index (χ2n) is 4.59. The van der Waals surface area contributed by atoms with Crippen LogP contribution in [0.4, 0.5) is 0 Å². The van der Waals surface area contributed by atoms with E-state index in [0.29, 0.717) is 12.8 Å². The van der Waals surface area contributed by atoms with E-state index in [0.717, 1.165) is 25.7 Å². The average Bonchev–Trinajstić information content (AvgIpc) is 2.36. The van der Waals surface area contributed by atoms with Crippen LogP contribution in [0, 0.1) is 0 Å². The molecule has 2 bridgehead atoms. The fraction of sp³-hybridized carbons (Fsp3) is 0.900. The number of carbonyl (C=O) groups is 1. The molecule has 0 saturated carbocycles. The Morgan fingerprint density at radius 1 is 1.19 bits per heavy atom. The fourth-order valence-electron chi connectivity index (χ4n) is 2.82. The molecule has 2 heterocycles. The zero-order valence-electron chi connectivity index (χ0n) is 9.06. The van der Waals surface area contributed by atoms with E-state index in [1.807, 2.05) is 0 Å². The van der Waals surface area contributed by atoms with Gasteiger partial charge in [0, 0.05) is 24.9 Å². The quantitative estimate of drug-likeness (QED) is 0.729. The molecule has 2 aliphatic heterocycles. The van der Waals surface area contributed by atoms with Crippen molar-refractivity contribution in [2.45, 2.75) is 50.6 Å². The minimum absolute atomic E-state index is 0.0405. The van der Waals surface area contributed by atoms with Gasteiger partial charge in [0.25, 0.3) is 0 Å². The number of Topliss-reactive ketones (excluding diaryl/α,β-unsaturated/α-hetero) is 1. The standard InChI is InChI=1S/C10H16BrNO3S/c11-7-16(14,15)12-8-3-1-2-4-9(12)6-10(13)5-8/h8-9H,1-7H2/t8-,9+. The van der Waals surface area contributed by atoms with Crippen molar-refractivity contribution in [1.29, 1.82) is 0 Å². The van der Waals surface area contributed by atoms with Crippen LogP contribution in [0.3, 0.4) is 0 Å². The van der Waals surface area contributed by atoms with Crippen molar-refractivity contribution in [3.05, 3.63) is 0 Å². The molecule has 0 spiro atoms. The minimum atomic E-state index is -3.23. The number of sulfonamides is 1. The largest absolute Gasteiger partial charge is 0.300 e. The van der Waals surface area contributed by atoms with Gasteiger partial charge in [0.05, 0.1) is 0 Å². The van der Waals surface area contributed by atoms with Crippen molar-refractivity contribution < 1.29 is 13.2 Å². The molecule has 4 nitrogen and oxygen atoms in total. The molecule has 0 aromatic carbocycles. The number of hydrogen-bond donors (Lipinski definition) is 0. The maximum atomic E-state index is 12.0. The third-order valence-electron chi connectivity index (χ3n) is 3.43. The molecule has 0 aromatic rings. The van der Waals surface area contributed by atoms with E-state index in [4.69, 9.17) is 0 Å². The summed E-state index contributed by atoms with van der Waals surface area (Å²) in [5.74, 6) is 0.220. The van der Waals surface area contributed by atoms with Crippen LogP contribution in [0.2, 0.25) is 0 Å². The number of halogens is 1. The van der Waals surface area contributed by atoms with Gasteiger partial charge in [-0.15, -0.1) is 0 Å². The summed E-state index contributed by atoms with van der Waals surface area (Å²) in [5.41, 5.74) is 0. The molecule has 92 valence electrons. The van der Waals surface area contributed by atoms with Crippen molar-refractivity contribution in [3.8, 4) is 0 Å². The monoisotopic (exact) mass is 309 g/mol. The number of rotatable bonds is 2. The first-order chi connectivity index (χ1) is 7.54. The van der Waals surface area contributed by atoms with Crippen LogP contribution >= 0.6 is 15.9 Å². The highest BCUT2D eigenvalue weighted by molar-refractivity contribution is 9.10. The smallest absolute Gasteiger partial charge is 0.224 e. The lowest BCUT2D eigenvalue weighted by molar-refractivity contribution is -0.123. The van der Waals surface area contributed by atoms with Gasteiger partial charge in [0.15, 0.2) is 0 Å². The molecule has 2 fully saturated rings. The van der Waals surface area contributed by atoms with E-state index >= 15 is 0 Å². The van der Waals surface area contributed by atoms with E-state index in [-0.39, 0.29) is 22.5 Å². The number of fused-ring (bicyclic) bond motifs is 2. The molecule has 2 atom stereocenters. The first kappa shape index (κ1) is 12.5. The molecule has 6 heteroatoms. The van der Waals surface area contributed by atoms with Crippen molar-refractivity contribution in [2.75, 3.05) is 4.66 Å². The minimum Gasteiger partial charge on any atom is -0.300 e. The topological polar surface area (TPSA) is 54.5 Å². The van der Waals surface area contributed by atoms with E-state index in [9.17, 15) is 13.2 Å². The molecular formula is C10H16BrNO3S. The fourth-order valence-corrected chi connectivity index (χ4v) is 4.91. The van der Waals surface area contributed by atoms with E-state index in [1.54, 1.807) is 4.31 Å². The van der Waals surface area contributed by atoms with Gasteiger partial charge in [-0.25, -0.2) is 8.42 Å². The molecular weight excluding hydrogens is 294 g/mol. The predicted octanol–water partition coefficient (Wildman–Crippen LogP) is 1.64. The Labute approximate surface area is 105 Å². The van der Waals surface area contributed by atoms with Gasteiger partial charge in [-0.3, -0.25) is 4.79 Å². The second-order valence-corrected chi connectivity index (χ2v) is 7.77. The Kier molecular flexibility index (Phi) is 3.71. The molecule has 2 rings (SSSR count). The van der Waals surface area contributed by atoms with Gasteiger partial charge in [-0.1, -0.05) is 28.8 Å². The number of ketones is 1. The van der Waals surface area contributed by atoms with Crippen LogP contribution in [0.5, 0.6) is 0 Å². The normalized spacial score (nSPS) is 32.4. The lowest BCUT2D eigenvalue weighted by Crippen LogP contribution is -2.51. The highest BCUT2D eigenvalue weighted by atomic mass is 79.9. The van der Waals surface area contributed by atoms with Crippen LogP contribution < -0.4 is 0 Å². The molecule has 16 heavy (non-hydrogen) atoms. The highest BCUT2D eigenvalue weighted by Gasteiger charge is 2.42. The van der Waals surface area contributed by atoms with Crippen LogP contribution in [0.25, 0.3) is 0 Å². The lowest BCUT2D eigenvalue weighted by Gasteiger charge is -2.38. The first-order valence-electron chi connectivity index (χ1n) is 5.63. The molecule has 0 unspecified atom stereocenters. The second kappa shape index (κ2) is 4.74. The average molecular weight is 310 g/mol. The summed E-state index contributed by atoms with van der Waals surface area (Å²) in [6, 6.07) is -0.174. The van der Waals surface area contributed by atoms with E-state index in [1.165, 1.54) is 0 Å². The van der Waals surface area contributed by atoms with Crippen molar-refractivity contribution in [1.82, 2.24) is 4.31 Å². The summed E-state index contributed by atoms with van der Waals surface area (Å²) >= 11 is 3.04. The van der Waals surface area contributed by atoms with Gasteiger partial charge in [-0.05, 0) is 12.8 Å². The van der Waals surface area contributed by atoms with Crippen LogP contribution in [0.15, 0.2) is 0 Å². The predicted molar refractivity (Wildman–Crippen MR) is 64.8 cm³/mol. The molecule has 2 aliphatic rings. The molecule has 0 radical (unpaired) electrons.